The Morgan fingerprint density at radius 3 is 2.44 bits per heavy atom. The highest BCUT2D eigenvalue weighted by atomic mass is 32.2. The number of carbonyl (C=O) groups excluding carboxylic acids is 1. The maximum absolute atomic E-state index is 11.9. The van der Waals surface area contributed by atoms with Gasteiger partial charge < -0.3 is 0 Å². The van der Waals surface area contributed by atoms with Gasteiger partial charge in [0.1, 0.15) is 0 Å². The van der Waals surface area contributed by atoms with Crippen LogP contribution in [0.25, 0.3) is 0 Å². The monoisotopic (exact) mass is 268 g/mol. The standard InChI is InChI=1S/C13H18NO3S/c1-4-9-18(16,17)14-13(15)12-8-6-5-7-11(12)10(2)3/h5-8,10H,4,9H2,1-3H3. The molecule has 5 heteroatoms. The molecule has 1 aromatic rings. The summed E-state index contributed by atoms with van der Waals surface area (Å²) < 4.78 is 26.4. The Hall–Kier alpha value is -1.36. The van der Waals surface area contributed by atoms with Crippen molar-refractivity contribution in [1.82, 2.24) is 4.72 Å². The van der Waals surface area contributed by atoms with Crippen molar-refractivity contribution < 1.29 is 13.2 Å². The minimum absolute atomic E-state index is 0.0947. The first kappa shape index (κ1) is 14.7. The lowest BCUT2D eigenvalue weighted by atomic mass is 9.97. The molecule has 0 fully saturated rings. The first-order valence-electron chi connectivity index (χ1n) is 5.96. The van der Waals surface area contributed by atoms with Crippen molar-refractivity contribution in [3.8, 4) is 0 Å². The lowest BCUT2D eigenvalue weighted by molar-refractivity contribution is 0.0977. The van der Waals surface area contributed by atoms with Crippen LogP contribution in [-0.4, -0.2) is 20.1 Å². The maximum atomic E-state index is 11.9. The second kappa shape index (κ2) is 6.00. The Morgan fingerprint density at radius 2 is 1.89 bits per heavy atom. The van der Waals surface area contributed by atoms with Gasteiger partial charge in [-0.25, -0.2) is 8.42 Å². The number of nitrogens with zero attached hydrogens (tertiary/aromatic N) is 1. The predicted octanol–water partition coefficient (Wildman–Crippen LogP) is 2.29. The van der Waals surface area contributed by atoms with Crippen LogP contribution in [-0.2, 0) is 10.0 Å². The van der Waals surface area contributed by atoms with Crippen LogP contribution in [0.1, 0.15) is 49.0 Å². The van der Waals surface area contributed by atoms with E-state index >= 15 is 0 Å². The number of benzene rings is 1. The summed E-state index contributed by atoms with van der Waals surface area (Å²) in [7, 11) is -3.65. The summed E-state index contributed by atoms with van der Waals surface area (Å²) in [6.07, 6.45) is 0.449. The van der Waals surface area contributed by atoms with Crippen LogP contribution in [0.15, 0.2) is 24.3 Å². The Kier molecular flexibility index (Phi) is 4.90. The molecule has 1 amide bonds. The fraction of sp³-hybridized carbons (Fsp3) is 0.462. The molecule has 0 aliphatic rings. The SMILES string of the molecule is CCCS(=O)(=O)[N]C(=O)c1ccccc1C(C)C. The summed E-state index contributed by atoms with van der Waals surface area (Å²) in [5, 5.41) is 0. The van der Waals surface area contributed by atoms with Gasteiger partial charge in [-0.05, 0) is 24.0 Å². The summed E-state index contributed by atoms with van der Waals surface area (Å²) in [5.41, 5.74) is 1.19. The quantitative estimate of drug-likeness (QED) is 0.823. The van der Waals surface area contributed by atoms with E-state index in [1.807, 2.05) is 26.0 Å². The largest absolute Gasteiger partial charge is 0.288 e. The predicted molar refractivity (Wildman–Crippen MR) is 71.1 cm³/mol. The van der Waals surface area contributed by atoms with E-state index in [4.69, 9.17) is 0 Å². The molecular formula is C13H18NO3S. The number of sulfonamides is 1. The van der Waals surface area contributed by atoms with Crippen molar-refractivity contribution in [2.45, 2.75) is 33.1 Å². The van der Waals surface area contributed by atoms with Gasteiger partial charge in [-0.15, -0.1) is 4.72 Å². The number of hydrogen-bond donors (Lipinski definition) is 0. The van der Waals surface area contributed by atoms with Crippen LogP contribution in [0.2, 0.25) is 0 Å². The van der Waals surface area contributed by atoms with Gasteiger partial charge in [-0.3, -0.25) is 4.79 Å². The molecule has 0 spiro atoms. The molecule has 0 saturated carbocycles. The van der Waals surface area contributed by atoms with Gasteiger partial charge in [-0.1, -0.05) is 39.0 Å². The van der Waals surface area contributed by atoms with E-state index in [1.165, 1.54) is 0 Å². The van der Waals surface area contributed by atoms with Crippen molar-refractivity contribution in [2.24, 2.45) is 0 Å². The number of hydrogen-bond acceptors (Lipinski definition) is 3. The first-order valence-corrected chi connectivity index (χ1v) is 7.57. The van der Waals surface area contributed by atoms with E-state index < -0.39 is 15.9 Å². The lowest BCUT2D eigenvalue weighted by Gasteiger charge is -2.11. The zero-order valence-electron chi connectivity index (χ0n) is 10.9. The molecule has 1 rings (SSSR count). The summed E-state index contributed by atoms with van der Waals surface area (Å²) in [6.45, 7) is 5.64. The van der Waals surface area contributed by atoms with Gasteiger partial charge in [0.25, 0.3) is 15.9 Å². The molecule has 4 nitrogen and oxygen atoms in total. The molecule has 0 aliphatic heterocycles. The highest BCUT2D eigenvalue weighted by molar-refractivity contribution is 7.89. The van der Waals surface area contributed by atoms with E-state index in [9.17, 15) is 13.2 Å². The van der Waals surface area contributed by atoms with Gasteiger partial charge in [0.05, 0.1) is 5.75 Å². The fourth-order valence-electron chi connectivity index (χ4n) is 1.67. The van der Waals surface area contributed by atoms with E-state index in [-0.39, 0.29) is 11.7 Å². The van der Waals surface area contributed by atoms with Crippen molar-refractivity contribution in [3.63, 3.8) is 0 Å². The fourth-order valence-corrected chi connectivity index (χ4v) is 2.63. The molecule has 1 aromatic carbocycles. The first-order chi connectivity index (χ1) is 8.37. The molecule has 0 aromatic heterocycles. The molecule has 0 heterocycles. The van der Waals surface area contributed by atoms with Gasteiger partial charge in [0.15, 0.2) is 0 Å². The van der Waals surface area contributed by atoms with Gasteiger partial charge in [0.2, 0.25) is 0 Å². The highest BCUT2D eigenvalue weighted by Crippen LogP contribution is 2.19. The Morgan fingerprint density at radius 1 is 1.28 bits per heavy atom. The van der Waals surface area contributed by atoms with Crippen molar-refractivity contribution in [1.29, 1.82) is 0 Å². The molecule has 18 heavy (non-hydrogen) atoms. The molecule has 1 radical (unpaired) electrons. The average molecular weight is 268 g/mol. The molecule has 0 aliphatic carbocycles. The molecule has 0 N–H and O–H groups in total. The Balaban J connectivity index is 2.99. The van der Waals surface area contributed by atoms with E-state index in [0.717, 1.165) is 5.56 Å². The minimum Gasteiger partial charge on any atom is -0.266 e. The van der Waals surface area contributed by atoms with Crippen LogP contribution in [0.3, 0.4) is 0 Å². The summed E-state index contributed by atoms with van der Waals surface area (Å²) >= 11 is 0. The van der Waals surface area contributed by atoms with E-state index in [0.29, 0.717) is 12.0 Å². The zero-order chi connectivity index (χ0) is 13.8. The molecule has 0 unspecified atom stereocenters. The summed E-state index contributed by atoms with van der Waals surface area (Å²) in [6, 6.07) is 6.97. The highest BCUT2D eigenvalue weighted by Gasteiger charge is 2.20. The average Bonchev–Trinajstić information content (AvgIpc) is 2.28. The maximum Gasteiger partial charge on any atom is 0.288 e. The number of amides is 1. The smallest absolute Gasteiger partial charge is 0.266 e. The normalized spacial score (nSPS) is 11.6. The lowest BCUT2D eigenvalue weighted by Crippen LogP contribution is -2.26. The van der Waals surface area contributed by atoms with Crippen molar-refractivity contribution in [2.75, 3.05) is 5.75 Å². The second-order valence-electron chi connectivity index (χ2n) is 4.42. The topological polar surface area (TPSA) is 65.3 Å². The molecular weight excluding hydrogens is 250 g/mol. The van der Waals surface area contributed by atoms with Crippen LogP contribution in [0.4, 0.5) is 0 Å². The van der Waals surface area contributed by atoms with E-state index in [1.54, 1.807) is 19.1 Å². The summed E-state index contributed by atoms with van der Waals surface area (Å²) in [5.74, 6) is -0.621. The zero-order valence-corrected chi connectivity index (χ0v) is 11.7. The van der Waals surface area contributed by atoms with Gasteiger partial charge >= 0.3 is 0 Å². The minimum atomic E-state index is -3.65. The molecule has 0 atom stereocenters. The molecule has 0 bridgehead atoms. The number of rotatable bonds is 5. The van der Waals surface area contributed by atoms with Crippen molar-refractivity contribution >= 4 is 15.9 Å². The van der Waals surface area contributed by atoms with Crippen LogP contribution >= 0.6 is 0 Å². The van der Waals surface area contributed by atoms with Crippen LogP contribution in [0, 0.1) is 0 Å². The van der Waals surface area contributed by atoms with Gasteiger partial charge in [-0.2, -0.15) is 0 Å². The third-order valence-corrected chi connectivity index (χ3v) is 3.87. The van der Waals surface area contributed by atoms with Crippen molar-refractivity contribution in [3.05, 3.63) is 35.4 Å². The summed E-state index contributed by atoms with van der Waals surface area (Å²) in [4.78, 5) is 11.9. The Labute approximate surface area is 108 Å². The second-order valence-corrected chi connectivity index (χ2v) is 6.18. The van der Waals surface area contributed by atoms with Crippen LogP contribution < -0.4 is 4.72 Å². The Bertz CT molecular complexity index is 521. The third kappa shape index (κ3) is 3.84. The van der Waals surface area contributed by atoms with Gasteiger partial charge in [0, 0.05) is 5.56 Å². The van der Waals surface area contributed by atoms with E-state index in [2.05, 4.69) is 4.72 Å². The third-order valence-electron chi connectivity index (χ3n) is 2.50. The molecule has 99 valence electrons. The molecule has 0 saturated heterocycles. The number of carbonyl (C=O) groups is 1. The van der Waals surface area contributed by atoms with Crippen LogP contribution in [0.5, 0.6) is 0 Å².